The van der Waals surface area contributed by atoms with Crippen molar-refractivity contribution in [3.8, 4) is 33.4 Å². The van der Waals surface area contributed by atoms with Crippen molar-refractivity contribution in [1.82, 2.24) is 0 Å². The van der Waals surface area contributed by atoms with Crippen LogP contribution >= 0.6 is 0 Å². The van der Waals surface area contributed by atoms with E-state index in [1.54, 1.807) is 0 Å². The molecule has 2 heterocycles. The van der Waals surface area contributed by atoms with Crippen LogP contribution in [0, 0.1) is 0 Å². The average molecular weight is 487 g/mol. The van der Waals surface area contributed by atoms with E-state index in [1.165, 1.54) is 21.9 Å². The predicted molar refractivity (Wildman–Crippen MR) is 155 cm³/mol. The number of para-hydroxylation sites is 3. The molecule has 3 heteroatoms. The summed E-state index contributed by atoms with van der Waals surface area (Å²) in [6.07, 6.45) is 0. The molecule has 0 saturated heterocycles. The zero-order valence-corrected chi connectivity index (χ0v) is 20.1. The maximum Gasteiger partial charge on any atom is 0.200 e. The van der Waals surface area contributed by atoms with E-state index in [0.29, 0.717) is 21.9 Å². The molecule has 1 aliphatic rings. The molecule has 2 aromatic heterocycles. The largest absolute Gasteiger partial charge is 0.456 e. The van der Waals surface area contributed by atoms with Crippen LogP contribution in [0.3, 0.4) is 0 Å². The van der Waals surface area contributed by atoms with Gasteiger partial charge in [0, 0.05) is 21.9 Å². The molecule has 9 rings (SSSR count). The fourth-order valence-electron chi connectivity index (χ4n) is 6.44. The Morgan fingerprint density at radius 1 is 0.447 bits per heavy atom. The van der Waals surface area contributed by atoms with Gasteiger partial charge in [0.2, 0.25) is 5.43 Å². The third-order valence-electron chi connectivity index (χ3n) is 8.00. The second kappa shape index (κ2) is 6.99. The van der Waals surface area contributed by atoms with Gasteiger partial charge in [-0.15, -0.1) is 0 Å². The molecule has 0 saturated carbocycles. The Bertz CT molecular complexity index is 2360. The summed E-state index contributed by atoms with van der Waals surface area (Å²) < 4.78 is 13.0. The van der Waals surface area contributed by atoms with Crippen molar-refractivity contribution in [2.75, 3.05) is 0 Å². The zero-order chi connectivity index (χ0) is 25.0. The molecule has 6 aromatic carbocycles. The van der Waals surface area contributed by atoms with Crippen LogP contribution in [0.2, 0.25) is 0 Å². The molecule has 0 unspecified atom stereocenters. The second-order valence-electron chi connectivity index (χ2n) is 9.96. The van der Waals surface area contributed by atoms with E-state index in [9.17, 15) is 4.79 Å². The van der Waals surface area contributed by atoms with Crippen LogP contribution in [0.4, 0.5) is 0 Å². The molecule has 0 bridgehead atoms. The number of hydrogen-bond donors (Lipinski definition) is 0. The lowest BCUT2D eigenvalue weighted by atomic mass is 9.88. The van der Waals surface area contributed by atoms with Crippen LogP contribution in [0.1, 0.15) is 0 Å². The summed E-state index contributed by atoms with van der Waals surface area (Å²) in [4.78, 5) is 13.6. The Balaban J connectivity index is 1.55. The van der Waals surface area contributed by atoms with Crippen molar-refractivity contribution in [1.29, 1.82) is 0 Å². The molecule has 3 nitrogen and oxygen atoms in total. The molecule has 0 amide bonds. The highest BCUT2D eigenvalue weighted by atomic mass is 16.3. The van der Waals surface area contributed by atoms with Gasteiger partial charge < -0.3 is 8.83 Å². The van der Waals surface area contributed by atoms with Crippen LogP contribution in [0.25, 0.3) is 88.0 Å². The van der Waals surface area contributed by atoms with E-state index in [0.717, 1.165) is 44.2 Å². The minimum atomic E-state index is -0.0186. The quantitative estimate of drug-likeness (QED) is 0.217. The first-order chi connectivity index (χ1) is 18.8. The van der Waals surface area contributed by atoms with Crippen LogP contribution < -0.4 is 5.43 Å². The van der Waals surface area contributed by atoms with Crippen molar-refractivity contribution in [3.63, 3.8) is 0 Å². The van der Waals surface area contributed by atoms with Crippen molar-refractivity contribution < 1.29 is 8.83 Å². The van der Waals surface area contributed by atoms with Crippen LogP contribution in [-0.4, -0.2) is 0 Å². The SMILES string of the molecule is O=c1c2ccccc2oc2c(-c3c4c(cc5oc6ccccc6c35)-c3cccc5cccc-4c35)cccc12. The third-order valence-corrected chi connectivity index (χ3v) is 8.00. The van der Waals surface area contributed by atoms with Gasteiger partial charge in [-0.05, 0) is 63.4 Å². The highest BCUT2D eigenvalue weighted by Gasteiger charge is 2.29. The normalized spacial score (nSPS) is 12.3. The van der Waals surface area contributed by atoms with Gasteiger partial charge in [-0.3, -0.25) is 4.79 Å². The van der Waals surface area contributed by atoms with Crippen LogP contribution in [-0.2, 0) is 0 Å². The van der Waals surface area contributed by atoms with Crippen LogP contribution in [0.15, 0.2) is 123 Å². The maximum atomic E-state index is 13.6. The zero-order valence-electron chi connectivity index (χ0n) is 20.1. The summed E-state index contributed by atoms with van der Waals surface area (Å²) in [7, 11) is 0. The number of fused-ring (bicyclic) bond motifs is 8. The van der Waals surface area contributed by atoms with Gasteiger partial charge in [0.05, 0.1) is 10.8 Å². The lowest BCUT2D eigenvalue weighted by Crippen LogP contribution is -2.02. The summed E-state index contributed by atoms with van der Waals surface area (Å²) in [6, 6.07) is 36.6. The smallest absolute Gasteiger partial charge is 0.200 e. The van der Waals surface area contributed by atoms with Crippen molar-refractivity contribution in [2.45, 2.75) is 0 Å². The summed E-state index contributed by atoms with van der Waals surface area (Å²) in [6.45, 7) is 0. The average Bonchev–Trinajstić information content (AvgIpc) is 3.49. The van der Waals surface area contributed by atoms with E-state index in [-0.39, 0.29) is 5.43 Å². The van der Waals surface area contributed by atoms with E-state index < -0.39 is 0 Å². The molecule has 176 valence electrons. The molecule has 0 N–H and O–H groups in total. The molecule has 38 heavy (non-hydrogen) atoms. The van der Waals surface area contributed by atoms with E-state index in [1.807, 2.05) is 54.6 Å². The number of benzene rings is 6. The first-order valence-corrected chi connectivity index (χ1v) is 12.7. The lowest BCUT2D eigenvalue weighted by Gasteiger charge is -2.14. The fraction of sp³-hybridized carbons (Fsp3) is 0. The molecular weight excluding hydrogens is 468 g/mol. The fourth-order valence-corrected chi connectivity index (χ4v) is 6.44. The van der Waals surface area contributed by atoms with Gasteiger partial charge >= 0.3 is 0 Å². The molecular formula is C35H18O3. The Kier molecular flexibility index (Phi) is 3.67. The van der Waals surface area contributed by atoms with E-state index in [2.05, 4.69) is 54.6 Å². The Hall–Kier alpha value is -5.15. The van der Waals surface area contributed by atoms with Gasteiger partial charge in [0.1, 0.15) is 22.3 Å². The summed E-state index contributed by atoms with van der Waals surface area (Å²) >= 11 is 0. The Labute approximate surface area is 216 Å². The van der Waals surface area contributed by atoms with Crippen LogP contribution in [0.5, 0.6) is 0 Å². The van der Waals surface area contributed by atoms with Crippen molar-refractivity contribution >= 4 is 54.6 Å². The molecule has 0 radical (unpaired) electrons. The minimum absolute atomic E-state index is 0.0186. The topological polar surface area (TPSA) is 43.4 Å². The van der Waals surface area contributed by atoms with E-state index >= 15 is 0 Å². The second-order valence-corrected chi connectivity index (χ2v) is 9.96. The number of furan rings is 1. The molecule has 0 fully saturated rings. The highest BCUT2D eigenvalue weighted by Crippen LogP contribution is 2.55. The molecule has 8 aromatic rings. The van der Waals surface area contributed by atoms with Gasteiger partial charge in [0.25, 0.3) is 0 Å². The van der Waals surface area contributed by atoms with Gasteiger partial charge in [-0.2, -0.15) is 0 Å². The molecule has 0 spiro atoms. The highest BCUT2D eigenvalue weighted by molar-refractivity contribution is 6.27. The predicted octanol–water partition coefficient (Wildman–Crippen LogP) is 9.31. The third kappa shape index (κ3) is 2.41. The molecule has 0 aliphatic heterocycles. The summed E-state index contributed by atoms with van der Waals surface area (Å²) in [5.74, 6) is 0. The maximum absolute atomic E-state index is 13.6. The van der Waals surface area contributed by atoms with Gasteiger partial charge in [-0.1, -0.05) is 78.9 Å². The number of rotatable bonds is 1. The first-order valence-electron chi connectivity index (χ1n) is 12.7. The summed E-state index contributed by atoms with van der Waals surface area (Å²) in [5.41, 5.74) is 9.43. The Morgan fingerprint density at radius 2 is 1.11 bits per heavy atom. The van der Waals surface area contributed by atoms with E-state index in [4.69, 9.17) is 8.83 Å². The molecule has 0 atom stereocenters. The summed E-state index contributed by atoms with van der Waals surface area (Å²) in [5, 5.41) is 5.70. The van der Waals surface area contributed by atoms with Gasteiger partial charge in [-0.25, -0.2) is 0 Å². The monoisotopic (exact) mass is 486 g/mol. The van der Waals surface area contributed by atoms with Crippen molar-refractivity contribution in [2.24, 2.45) is 0 Å². The van der Waals surface area contributed by atoms with Gasteiger partial charge in [0.15, 0.2) is 0 Å². The van der Waals surface area contributed by atoms with Crippen molar-refractivity contribution in [3.05, 3.63) is 119 Å². The Morgan fingerprint density at radius 3 is 1.95 bits per heavy atom. The standard InChI is InChI=1S/C35H18O3/c36-34-22-11-2-4-17-28(22)38-35-24(14-7-15-25(34)35)33-31-23-13-6-9-19-8-5-12-20(30(19)23)26(31)18-29-32(33)21-10-1-3-16-27(21)37-29/h1-18H. The minimum Gasteiger partial charge on any atom is -0.456 e. The molecule has 1 aliphatic carbocycles. The lowest BCUT2D eigenvalue weighted by molar-refractivity contribution is 0.661. The number of hydrogen-bond acceptors (Lipinski definition) is 3. The first kappa shape index (κ1) is 20.0.